The van der Waals surface area contributed by atoms with Crippen molar-refractivity contribution in [2.45, 2.75) is 37.9 Å². The van der Waals surface area contributed by atoms with Crippen LogP contribution in [0.25, 0.3) is 0 Å². The van der Waals surface area contributed by atoms with E-state index >= 15 is 0 Å². The molecule has 1 saturated heterocycles. The van der Waals surface area contributed by atoms with Gasteiger partial charge in [-0.15, -0.1) is 11.8 Å². The predicted octanol–water partition coefficient (Wildman–Crippen LogP) is -0.0121. The molecule has 0 spiro atoms. The van der Waals surface area contributed by atoms with E-state index in [1.807, 2.05) is 0 Å². The van der Waals surface area contributed by atoms with Gasteiger partial charge in [-0.25, -0.2) is 0 Å². The standard InChI is InChI=1S/C22H36N2O9S/c1-18(26)4-16-34-19-17-21(28)24(22(19)29)6-3-20(27)23-5-9-31-11-13-33-15-14-32-12-10-30-8-2-7-25/h7,19H,2-6,8-17H2,1H3,(H,23,27). The summed E-state index contributed by atoms with van der Waals surface area (Å²) < 4.78 is 21.2. The van der Waals surface area contributed by atoms with Crippen LogP contribution >= 0.6 is 11.8 Å². The van der Waals surface area contributed by atoms with Crippen LogP contribution < -0.4 is 5.32 Å². The highest BCUT2D eigenvalue weighted by atomic mass is 32.2. The lowest BCUT2D eigenvalue weighted by atomic mass is 10.3. The van der Waals surface area contributed by atoms with Crippen LogP contribution in [0.1, 0.15) is 32.6 Å². The Balaban J connectivity index is 1.95. The molecule has 3 amide bonds. The molecule has 0 aliphatic carbocycles. The van der Waals surface area contributed by atoms with E-state index in [0.717, 1.165) is 11.2 Å². The van der Waals surface area contributed by atoms with E-state index in [1.165, 1.54) is 18.7 Å². The number of nitrogens with zero attached hydrogens (tertiary/aromatic N) is 1. The average molecular weight is 505 g/mol. The summed E-state index contributed by atoms with van der Waals surface area (Å²) in [5.41, 5.74) is 0. The third-order valence-electron chi connectivity index (χ3n) is 4.60. The van der Waals surface area contributed by atoms with Gasteiger partial charge in [-0.1, -0.05) is 0 Å². The van der Waals surface area contributed by atoms with Crippen LogP contribution in [0.3, 0.4) is 0 Å². The number of ether oxygens (including phenoxy) is 4. The molecular formula is C22H36N2O9S. The number of carbonyl (C=O) groups is 5. The van der Waals surface area contributed by atoms with Gasteiger partial charge in [0.05, 0.1) is 58.1 Å². The first kappa shape index (κ1) is 30.2. The summed E-state index contributed by atoms with van der Waals surface area (Å²) in [5, 5.41) is 2.22. The molecule has 34 heavy (non-hydrogen) atoms. The van der Waals surface area contributed by atoms with Crippen LogP contribution in [0.4, 0.5) is 0 Å². The fourth-order valence-electron chi connectivity index (χ4n) is 2.82. The lowest BCUT2D eigenvalue weighted by molar-refractivity contribution is -0.138. The molecule has 1 atom stereocenters. The molecule has 0 radical (unpaired) electrons. The van der Waals surface area contributed by atoms with E-state index in [4.69, 9.17) is 18.9 Å². The molecule has 0 aromatic heterocycles. The van der Waals surface area contributed by atoms with E-state index in [0.29, 0.717) is 78.0 Å². The molecular weight excluding hydrogens is 468 g/mol. The van der Waals surface area contributed by atoms with Crippen molar-refractivity contribution in [1.82, 2.24) is 10.2 Å². The second kappa shape index (κ2) is 19.4. The van der Waals surface area contributed by atoms with Crippen molar-refractivity contribution in [3.05, 3.63) is 0 Å². The van der Waals surface area contributed by atoms with Crippen LogP contribution in [-0.4, -0.2) is 112 Å². The van der Waals surface area contributed by atoms with Gasteiger partial charge >= 0.3 is 0 Å². The van der Waals surface area contributed by atoms with Crippen molar-refractivity contribution in [2.75, 3.05) is 71.7 Å². The van der Waals surface area contributed by atoms with Crippen molar-refractivity contribution in [1.29, 1.82) is 0 Å². The van der Waals surface area contributed by atoms with Gasteiger partial charge in [0.15, 0.2) is 0 Å². The molecule has 1 heterocycles. The number of aldehydes is 1. The Bertz CT molecular complexity index is 648. The summed E-state index contributed by atoms with van der Waals surface area (Å²) in [5.74, 6) is -0.283. The molecule has 1 fully saturated rings. The number of nitrogens with one attached hydrogen (secondary N) is 1. The van der Waals surface area contributed by atoms with E-state index < -0.39 is 5.25 Å². The minimum Gasteiger partial charge on any atom is -0.379 e. The Morgan fingerprint density at radius 2 is 1.56 bits per heavy atom. The number of hydrogen-bond acceptors (Lipinski definition) is 10. The Morgan fingerprint density at radius 3 is 2.15 bits per heavy atom. The first-order valence-electron chi connectivity index (χ1n) is 11.4. The molecule has 1 unspecified atom stereocenters. The van der Waals surface area contributed by atoms with Gasteiger partial charge in [-0.3, -0.25) is 24.1 Å². The van der Waals surface area contributed by atoms with Crippen molar-refractivity contribution in [3.63, 3.8) is 0 Å². The second-order valence-corrected chi connectivity index (χ2v) is 8.71. The monoisotopic (exact) mass is 504 g/mol. The first-order chi connectivity index (χ1) is 16.5. The SMILES string of the molecule is CC(=O)CCSC1CC(=O)N(CCC(=O)NCCOCCOCCOCCOCCC=O)C1=O. The molecule has 12 heteroatoms. The predicted molar refractivity (Wildman–Crippen MR) is 124 cm³/mol. The summed E-state index contributed by atoms with van der Waals surface area (Å²) in [4.78, 5) is 58.6. The summed E-state index contributed by atoms with van der Waals surface area (Å²) >= 11 is 1.31. The number of likely N-dealkylation sites (tertiary alicyclic amines) is 1. The van der Waals surface area contributed by atoms with Crippen LogP contribution in [-0.2, 0) is 42.9 Å². The molecule has 1 aliphatic heterocycles. The van der Waals surface area contributed by atoms with Gasteiger partial charge in [0.25, 0.3) is 0 Å². The third-order valence-corrected chi connectivity index (χ3v) is 5.81. The zero-order valence-electron chi connectivity index (χ0n) is 19.8. The number of hydrogen-bond donors (Lipinski definition) is 1. The van der Waals surface area contributed by atoms with E-state index in [2.05, 4.69) is 5.32 Å². The van der Waals surface area contributed by atoms with Crippen molar-refractivity contribution in [3.8, 4) is 0 Å². The van der Waals surface area contributed by atoms with E-state index in [9.17, 15) is 24.0 Å². The van der Waals surface area contributed by atoms with Gasteiger partial charge in [0.2, 0.25) is 17.7 Å². The Hall–Kier alpha value is -1.86. The molecule has 194 valence electrons. The van der Waals surface area contributed by atoms with Gasteiger partial charge in [-0.05, 0) is 6.92 Å². The maximum Gasteiger partial charge on any atom is 0.242 e. The number of Topliss-reactive ketones (excluding diaryl/α,β-unsaturated/α-hetero) is 1. The number of imide groups is 1. The Morgan fingerprint density at radius 1 is 0.971 bits per heavy atom. The topological polar surface area (TPSA) is 138 Å². The molecule has 0 bridgehead atoms. The van der Waals surface area contributed by atoms with Gasteiger partial charge in [0.1, 0.15) is 12.1 Å². The molecule has 0 aromatic rings. The minimum atomic E-state index is -0.467. The number of carbonyl (C=O) groups excluding carboxylic acids is 5. The molecule has 0 saturated carbocycles. The quantitative estimate of drug-likeness (QED) is 0.122. The highest BCUT2D eigenvalue weighted by molar-refractivity contribution is 8.00. The molecule has 1 aliphatic rings. The van der Waals surface area contributed by atoms with Gasteiger partial charge in [-0.2, -0.15) is 0 Å². The molecule has 1 N–H and O–H groups in total. The van der Waals surface area contributed by atoms with Crippen LogP contribution in [0, 0.1) is 0 Å². The smallest absolute Gasteiger partial charge is 0.242 e. The highest BCUT2D eigenvalue weighted by Crippen LogP contribution is 2.25. The first-order valence-corrected chi connectivity index (χ1v) is 12.5. The molecule has 1 rings (SSSR count). The maximum absolute atomic E-state index is 12.3. The Kier molecular flexibility index (Phi) is 17.3. The second-order valence-electron chi connectivity index (χ2n) is 7.40. The number of amides is 3. The van der Waals surface area contributed by atoms with E-state index in [1.54, 1.807) is 0 Å². The average Bonchev–Trinajstić information content (AvgIpc) is 3.07. The van der Waals surface area contributed by atoms with E-state index in [-0.39, 0.29) is 42.9 Å². The van der Waals surface area contributed by atoms with Gasteiger partial charge < -0.3 is 29.1 Å². The van der Waals surface area contributed by atoms with Crippen molar-refractivity contribution in [2.24, 2.45) is 0 Å². The molecule has 0 aromatic carbocycles. The lowest BCUT2D eigenvalue weighted by Gasteiger charge is -2.14. The fourth-order valence-corrected chi connectivity index (χ4v) is 4.04. The number of thioether (sulfide) groups is 1. The molecule has 11 nitrogen and oxygen atoms in total. The summed E-state index contributed by atoms with van der Waals surface area (Å²) in [7, 11) is 0. The summed E-state index contributed by atoms with van der Waals surface area (Å²) in [6.45, 7) is 5.11. The minimum absolute atomic E-state index is 0.0353. The lowest BCUT2D eigenvalue weighted by Crippen LogP contribution is -2.36. The third kappa shape index (κ3) is 14.4. The number of ketones is 1. The van der Waals surface area contributed by atoms with Gasteiger partial charge in [0, 0.05) is 44.5 Å². The highest BCUT2D eigenvalue weighted by Gasteiger charge is 2.38. The maximum atomic E-state index is 12.3. The summed E-state index contributed by atoms with van der Waals surface area (Å²) in [6, 6.07) is 0. The van der Waals surface area contributed by atoms with Crippen LogP contribution in [0.15, 0.2) is 0 Å². The fraction of sp³-hybridized carbons (Fsp3) is 0.773. The van der Waals surface area contributed by atoms with Crippen LogP contribution in [0.5, 0.6) is 0 Å². The van der Waals surface area contributed by atoms with Crippen molar-refractivity contribution < 1.29 is 42.9 Å². The Labute approximate surface area is 204 Å². The largest absolute Gasteiger partial charge is 0.379 e. The van der Waals surface area contributed by atoms with Crippen molar-refractivity contribution >= 4 is 41.6 Å². The zero-order valence-corrected chi connectivity index (χ0v) is 20.6. The number of rotatable bonds is 22. The zero-order chi connectivity index (χ0) is 25.0. The summed E-state index contributed by atoms with van der Waals surface area (Å²) in [6.07, 6.45) is 1.71. The van der Waals surface area contributed by atoms with Crippen LogP contribution in [0.2, 0.25) is 0 Å². The normalized spacial score (nSPS) is 15.7.